The molecule has 178 valence electrons. The highest BCUT2D eigenvalue weighted by Crippen LogP contribution is 2.65. The Hall–Kier alpha value is -2.62. The molecule has 2 aliphatic heterocycles. The third-order valence-electron chi connectivity index (χ3n) is 7.77. The third kappa shape index (κ3) is 2.88. The van der Waals surface area contributed by atoms with Gasteiger partial charge in [0.05, 0.1) is 18.1 Å². The SMILES string of the molecule is COc1ccc2c3c1O[C@H]1C(OC(=O)[C@H](C)OC(=O)[C@H](C)N)=CC[C@@]4(O)[C@H](C2)N(C)CC[C@]314. The van der Waals surface area contributed by atoms with Gasteiger partial charge in [0.15, 0.2) is 23.7 Å². The van der Waals surface area contributed by atoms with E-state index in [0.29, 0.717) is 36.5 Å². The molecule has 1 aromatic rings. The minimum atomic E-state index is -1.13. The Morgan fingerprint density at radius 2 is 2.06 bits per heavy atom. The Bertz CT molecular complexity index is 1050. The van der Waals surface area contributed by atoms with Crippen molar-refractivity contribution in [1.82, 2.24) is 4.90 Å². The van der Waals surface area contributed by atoms with Crippen LogP contribution in [0.5, 0.6) is 11.5 Å². The molecule has 2 bridgehead atoms. The number of esters is 2. The molecule has 5 rings (SSSR count). The molecule has 0 radical (unpaired) electrons. The van der Waals surface area contributed by atoms with Crippen LogP contribution in [0, 0.1) is 0 Å². The summed E-state index contributed by atoms with van der Waals surface area (Å²) < 4.78 is 22.9. The number of methoxy groups -OCH3 is 1. The van der Waals surface area contributed by atoms with E-state index in [1.165, 1.54) is 13.8 Å². The van der Waals surface area contributed by atoms with Crippen molar-refractivity contribution in [3.63, 3.8) is 0 Å². The van der Waals surface area contributed by atoms with E-state index in [1.54, 1.807) is 13.2 Å². The molecule has 1 saturated heterocycles. The summed E-state index contributed by atoms with van der Waals surface area (Å²) in [6.45, 7) is 3.70. The predicted octanol–water partition coefficient (Wildman–Crippen LogP) is 0.795. The lowest BCUT2D eigenvalue weighted by atomic mass is 9.50. The van der Waals surface area contributed by atoms with Gasteiger partial charge in [-0.3, -0.25) is 4.79 Å². The number of rotatable bonds is 5. The second kappa shape index (κ2) is 7.44. The van der Waals surface area contributed by atoms with Gasteiger partial charge in [0, 0.05) is 18.0 Å². The van der Waals surface area contributed by atoms with Crippen LogP contribution >= 0.6 is 0 Å². The lowest BCUT2D eigenvalue weighted by Gasteiger charge is -2.61. The van der Waals surface area contributed by atoms with Crippen molar-refractivity contribution in [3.05, 3.63) is 35.1 Å². The summed E-state index contributed by atoms with van der Waals surface area (Å²) in [5, 5.41) is 12.2. The van der Waals surface area contributed by atoms with Gasteiger partial charge in [-0.05, 0) is 58.0 Å². The number of aliphatic hydroxyl groups is 1. The molecule has 0 amide bonds. The van der Waals surface area contributed by atoms with Crippen LogP contribution in [0.1, 0.15) is 37.8 Å². The highest BCUT2D eigenvalue weighted by atomic mass is 16.6. The van der Waals surface area contributed by atoms with Crippen molar-refractivity contribution in [2.75, 3.05) is 20.7 Å². The Balaban J connectivity index is 1.54. The topological polar surface area (TPSA) is 121 Å². The summed E-state index contributed by atoms with van der Waals surface area (Å²) in [5.74, 6) is 0.102. The second-order valence-corrected chi connectivity index (χ2v) is 9.57. The minimum absolute atomic E-state index is 0.0939. The summed E-state index contributed by atoms with van der Waals surface area (Å²) in [7, 11) is 3.61. The van der Waals surface area contributed by atoms with Gasteiger partial charge in [0.1, 0.15) is 11.8 Å². The number of ether oxygens (including phenoxy) is 4. The first-order chi connectivity index (χ1) is 15.6. The van der Waals surface area contributed by atoms with E-state index >= 15 is 0 Å². The van der Waals surface area contributed by atoms with E-state index < -0.39 is 41.2 Å². The maximum Gasteiger partial charge on any atom is 0.352 e. The molecular formula is C24H30N2O7. The fourth-order valence-electron chi connectivity index (χ4n) is 6.12. The van der Waals surface area contributed by atoms with Gasteiger partial charge in [0.25, 0.3) is 0 Å². The molecule has 1 fully saturated rings. The molecular weight excluding hydrogens is 428 g/mol. The van der Waals surface area contributed by atoms with Crippen LogP contribution in [0.15, 0.2) is 24.0 Å². The number of benzene rings is 1. The number of hydrogen-bond acceptors (Lipinski definition) is 9. The summed E-state index contributed by atoms with van der Waals surface area (Å²) in [6, 6.07) is 2.98. The molecule has 9 heteroatoms. The molecule has 4 aliphatic rings. The zero-order chi connectivity index (χ0) is 23.7. The zero-order valence-corrected chi connectivity index (χ0v) is 19.3. The minimum Gasteiger partial charge on any atom is -0.493 e. The molecule has 0 aromatic heterocycles. The normalized spacial score (nSPS) is 33.2. The summed E-state index contributed by atoms with van der Waals surface area (Å²) in [5.41, 5.74) is 5.75. The van der Waals surface area contributed by atoms with Crippen molar-refractivity contribution in [2.45, 2.75) is 68.4 Å². The quantitative estimate of drug-likeness (QED) is 0.617. The molecule has 9 nitrogen and oxygen atoms in total. The Kier molecular flexibility index (Phi) is 5.00. The van der Waals surface area contributed by atoms with Gasteiger partial charge in [-0.15, -0.1) is 0 Å². The number of carbonyl (C=O) groups is 2. The molecule has 1 aromatic carbocycles. The number of piperidine rings is 1. The first-order valence-corrected chi connectivity index (χ1v) is 11.3. The van der Waals surface area contributed by atoms with Gasteiger partial charge in [-0.1, -0.05) is 6.07 Å². The second-order valence-electron chi connectivity index (χ2n) is 9.57. The van der Waals surface area contributed by atoms with Crippen LogP contribution in [-0.2, 0) is 30.9 Å². The maximum atomic E-state index is 12.8. The molecule has 33 heavy (non-hydrogen) atoms. The number of likely N-dealkylation sites (tertiary alicyclic amines) is 1. The van der Waals surface area contributed by atoms with E-state index in [4.69, 9.17) is 24.7 Å². The van der Waals surface area contributed by atoms with Crippen LogP contribution in [0.25, 0.3) is 0 Å². The van der Waals surface area contributed by atoms with Gasteiger partial charge in [0.2, 0.25) is 0 Å². The van der Waals surface area contributed by atoms with Gasteiger partial charge in [-0.25, -0.2) is 4.79 Å². The highest BCUT2D eigenvalue weighted by Gasteiger charge is 2.72. The van der Waals surface area contributed by atoms with Gasteiger partial charge in [-0.2, -0.15) is 0 Å². The lowest BCUT2D eigenvalue weighted by molar-refractivity contribution is -0.175. The van der Waals surface area contributed by atoms with E-state index in [1.807, 2.05) is 19.2 Å². The smallest absolute Gasteiger partial charge is 0.352 e. The van der Waals surface area contributed by atoms with Crippen LogP contribution in [-0.4, -0.2) is 72.5 Å². The van der Waals surface area contributed by atoms with Gasteiger partial charge < -0.3 is 34.7 Å². The molecule has 3 N–H and O–H groups in total. The fourth-order valence-corrected chi connectivity index (χ4v) is 6.12. The average molecular weight is 459 g/mol. The van der Waals surface area contributed by atoms with E-state index in [2.05, 4.69) is 4.90 Å². The fraction of sp³-hybridized carbons (Fsp3) is 0.583. The Labute approximate surface area is 192 Å². The van der Waals surface area contributed by atoms with Crippen LogP contribution < -0.4 is 15.2 Å². The van der Waals surface area contributed by atoms with E-state index in [9.17, 15) is 14.7 Å². The monoisotopic (exact) mass is 458 g/mol. The Morgan fingerprint density at radius 1 is 1.30 bits per heavy atom. The summed E-state index contributed by atoms with van der Waals surface area (Å²) in [6.07, 6.45) is 1.56. The van der Waals surface area contributed by atoms with Crippen LogP contribution in [0.3, 0.4) is 0 Å². The average Bonchev–Trinajstić information content (AvgIpc) is 3.13. The predicted molar refractivity (Wildman–Crippen MR) is 117 cm³/mol. The standard InChI is InChI=1S/C24H30N2O7/c1-12(25)21(27)31-13(2)22(28)32-16-7-8-24(29)17-11-14-5-6-15(30-4)19-18(14)23(24,20(16)33-19)9-10-26(17)3/h5-7,12-13,17,20,29H,8-11,25H2,1-4H3/t12-,13-,17-,20-,23-,24+/m0/s1. The molecule has 6 atom stereocenters. The van der Waals surface area contributed by atoms with Crippen molar-refractivity contribution < 1.29 is 33.6 Å². The Morgan fingerprint density at radius 3 is 2.76 bits per heavy atom. The first-order valence-electron chi connectivity index (χ1n) is 11.3. The largest absolute Gasteiger partial charge is 0.493 e. The van der Waals surface area contributed by atoms with Crippen molar-refractivity contribution >= 4 is 11.9 Å². The zero-order valence-electron chi connectivity index (χ0n) is 19.3. The summed E-state index contributed by atoms with van der Waals surface area (Å²) in [4.78, 5) is 26.8. The third-order valence-corrected chi connectivity index (χ3v) is 7.77. The molecule has 1 spiro atoms. The summed E-state index contributed by atoms with van der Waals surface area (Å²) >= 11 is 0. The van der Waals surface area contributed by atoms with Crippen LogP contribution in [0.2, 0.25) is 0 Å². The number of nitrogens with two attached hydrogens (primary N) is 1. The number of nitrogens with zero attached hydrogens (tertiary/aromatic N) is 1. The number of hydrogen-bond donors (Lipinski definition) is 2. The number of likely N-dealkylation sites (N-methyl/N-ethyl adjacent to an activating group) is 1. The van der Waals surface area contributed by atoms with Crippen molar-refractivity contribution in [1.29, 1.82) is 0 Å². The highest BCUT2D eigenvalue weighted by molar-refractivity contribution is 5.82. The molecule has 2 aliphatic carbocycles. The molecule has 2 heterocycles. The first kappa shape index (κ1) is 22.2. The van der Waals surface area contributed by atoms with Crippen molar-refractivity contribution in [3.8, 4) is 11.5 Å². The van der Waals surface area contributed by atoms with E-state index in [0.717, 1.165) is 17.7 Å². The van der Waals surface area contributed by atoms with Crippen LogP contribution in [0.4, 0.5) is 0 Å². The van der Waals surface area contributed by atoms with Gasteiger partial charge >= 0.3 is 11.9 Å². The molecule has 0 unspecified atom stereocenters. The van der Waals surface area contributed by atoms with E-state index in [-0.39, 0.29) is 6.04 Å². The lowest BCUT2D eigenvalue weighted by Crippen LogP contribution is -2.74. The maximum absolute atomic E-state index is 12.8. The number of carbonyl (C=O) groups excluding carboxylic acids is 2. The van der Waals surface area contributed by atoms with Crippen molar-refractivity contribution in [2.24, 2.45) is 5.73 Å². The molecule has 0 saturated carbocycles.